The second-order valence-electron chi connectivity index (χ2n) is 7.21. The highest BCUT2D eigenvalue weighted by molar-refractivity contribution is 5.67. The zero-order chi connectivity index (χ0) is 21.7. The van der Waals surface area contributed by atoms with E-state index in [0.717, 1.165) is 17.7 Å². The SMILES string of the molecule is CC(C)[C@@H](CO)Nc1nc(Nc2ccc(C(F)(F)F)cc2)cc(-c2ccccc2)n1. The van der Waals surface area contributed by atoms with Crippen LogP contribution < -0.4 is 10.6 Å². The number of hydrogen-bond acceptors (Lipinski definition) is 5. The standard InChI is InChI=1S/C22H23F3N4O/c1-14(2)19(13-30)28-21-27-18(15-6-4-3-5-7-15)12-20(29-21)26-17-10-8-16(9-11-17)22(23,24)25/h3-12,14,19,30H,13H2,1-2H3,(H2,26,27,28,29)/t19-/m1/s1. The Hall–Kier alpha value is -3.13. The predicted molar refractivity (Wildman–Crippen MR) is 112 cm³/mol. The third-order valence-electron chi connectivity index (χ3n) is 4.60. The second-order valence-corrected chi connectivity index (χ2v) is 7.21. The maximum Gasteiger partial charge on any atom is 0.416 e. The van der Waals surface area contributed by atoms with Crippen molar-refractivity contribution in [2.75, 3.05) is 17.2 Å². The fourth-order valence-electron chi connectivity index (χ4n) is 2.81. The molecule has 0 amide bonds. The zero-order valence-electron chi connectivity index (χ0n) is 16.6. The summed E-state index contributed by atoms with van der Waals surface area (Å²) in [6, 6.07) is 15.7. The van der Waals surface area contributed by atoms with Gasteiger partial charge >= 0.3 is 6.18 Å². The molecule has 0 saturated heterocycles. The Kier molecular flexibility index (Phi) is 6.56. The van der Waals surface area contributed by atoms with Gasteiger partial charge in [-0.3, -0.25) is 0 Å². The van der Waals surface area contributed by atoms with E-state index >= 15 is 0 Å². The fraction of sp³-hybridized carbons (Fsp3) is 0.273. The van der Waals surface area contributed by atoms with Crippen LogP contribution >= 0.6 is 0 Å². The van der Waals surface area contributed by atoms with Gasteiger partial charge < -0.3 is 15.7 Å². The number of rotatable bonds is 7. The predicted octanol–water partition coefficient (Wildman–Crippen LogP) is 5.33. The first-order chi connectivity index (χ1) is 14.3. The van der Waals surface area contributed by atoms with Crippen LogP contribution in [0.1, 0.15) is 19.4 Å². The van der Waals surface area contributed by atoms with E-state index in [1.54, 1.807) is 6.07 Å². The number of alkyl halides is 3. The molecule has 0 aliphatic rings. The van der Waals surface area contributed by atoms with Crippen LogP contribution in [0.3, 0.4) is 0 Å². The van der Waals surface area contributed by atoms with Crippen LogP contribution in [0.2, 0.25) is 0 Å². The molecular weight excluding hydrogens is 393 g/mol. The van der Waals surface area contributed by atoms with Crippen molar-refractivity contribution >= 4 is 17.5 Å². The van der Waals surface area contributed by atoms with Crippen LogP contribution in [-0.2, 0) is 6.18 Å². The number of halogens is 3. The van der Waals surface area contributed by atoms with Crippen molar-refractivity contribution in [2.24, 2.45) is 5.92 Å². The van der Waals surface area contributed by atoms with Crippen LogP contribution in [-0.4, -0.2) is 27.7 Å². The van der Waals surface area contributed by atoms with E-state index in [9.17, 15) is 18.3 Å². The van der Waals surface area contributed by atoms with Gasteiger partial charge in [-0.15, -0.1) is 0 Å². The van der Waals surface area contributed by atoms with Gasteiger partial charge in [0.1, 0.15) is 5.82 Å². The lowest BCUT2D eigenvalue weighted by molar-refractivity contribution is -0.137. The van der Waals surface area contributed by atoms with Crippen molar-refractivity contribution < 1.29 is 18.3 Å². The molecule has 0 spiro atoms. The molecular formula is C22H23F3N4O. The molecule has 3 aromatic rings. The van der Waals surface area contributed by atoms with E-state index in [0.29, 0.717) is 23.1 Å². The number of aliphatic hydroxyl groups excluding tert-OH is 1. The molecule has 8 heteroatoms. The maximum absolute atomic E-state index is 12.8. The van der Waals surface area contributed by atoms with Crippen molar-refractivity contribution in [3.8, 4) is 11.3 Å². The first-order valence-electron chi connectivity index (χ1n) is 9.52. The highest BCUT2D eigenvalue weighted by Gasteiger charge is 2.30. The minimum absolute atomic E-state index is 0.0851. The lowest BCUT2D eigenvalue weighted by Gasteiger charge is -2.20. The van der Waals surface area contributed by atoms with Crippen LogP contribution in [0.15, 0.2) is 60.7 Å². The summed E-state index contributed by atoms with van der Waals surface area (Å²) in [7, 11) is 0. The number of nitrogens with zero attached hydrogens (tertiary/aromatic N) is 2. The van der Waals surface area contributed by atoms with Crippen LogP contribution in [0.4, 0.5) is 30.6 Å². The molecule has 30 heavy (non-hydrogen) atoms. The van der Waals surface area contributed by atoms with Crippen LogP contribution in [0, 0.1) is 5.92 Å². The zero-order valence-corrected chi connectivity index (χ0v) is 16.6. The van der Waals surface area contributed by atoms with Crippen molar-refractivity contribution in [2.45, 2.75) is 26.1 Å². The molecule has 3 rings (SSSR count). The number of aromatic nitrogens is 2. The van der Waals surface area contributed by atoms with Crippen LogP contribution in [0.25, 0.3) is 11.3 Å². The molecule has 1 aromatic heterocycles. The Morgan fingerprint density at radius 2 is 1.63 bits per heavy atom. The molecule has 158 valence electrons. The maximum atomic E-state index is 12.8. The highest BCUT2D eigenvalue weighted by Crippen LogP contribution is 2.31. The Morgan fingerprint density at radius 3 is 2.20 bits per heavy atom. The average molecular weight is 416 g/mol. The van der Waals surface area contributed by atoms with Gasteiger partial charge in [0, 0.05) is 17.3 Å². The van der Waals surface area contributed by atoms with E-state index in [-0.39, 0.29) is 18.6 Å². The topological polar surface area (TPSA) is 70.1 Å². The van der Waals surface area contributed by atoms with Gasteiger partial charge in [-0.05, 0) is 30.2 Å². The molecule has 0 aliphatic carbocycles. The summed E-state index contributed by atoms with van der Waals surface area (Å²) in [5.74, 6) is 0.885. The largest absolute Gasteiger partial charge is 0.416 e. The summed E-state index contributed by atoms with van der Waals surface area (Å²) in [5.41, 5.74) is 1.26. The first kappa shape index (κ1) is 21.6. The Bertz CT molecular complexity index is 960. The third kappa shape index (κ3) is 5.48. The first-order valence-corrected chi connectivity index (χ1v) is 9.52. The monoisotopic (exact) mass is 416 g/mol. The van der Waals surface area contributed by atoms with Crippen molar-refractivity contribution in [1.29, 1.82) is 0 Å². The van der Waals surface area contributed by atoms with Crippen LogP contribution in [0.5, 0.6) is 0 Å². The number of benzene rings is 2. The summed E-state index contributed by atoms with van der Waals surface area (Å²) in [6.07, 6.45) is -4.39. The number of aliphatic hydroxyl groups is 1. The van der Waals surface area contributed by atoms with Gasteiger partial charge in [0.2, 0.25) is 5.95 Å². The summed E-state index contributed by atoms with van der Waals surface area (Å²) >= 11 is 0. The number of nitrogens with one attached hydrogen (secondary N) is 2. The second kappa shape index (κ2) is 9.13. The van der Waals surface area contributed by atoms with Gasteiger partial charge in [-0.25, -0.2) is 4.98 Å². The molecule has 1 atom stereocenters. The Labute approximate surface area is 173 Å². The van der Waals surface area contributed by atoms with E-state index in [2.05, 4.69) is 20.6 Å². The lowest BCUT2D eigenvalue weighted by atomic mass is 10.1. The highest BCUT2D eigenvalue weighted by atomic mass is 19.4. The molecule has 0 fully saturated rings. The molecule has 0 radical (unpaired) electrons. The van der Waals surface area contributed by atoms with Crippen molar-refractivity contribution in [3.63, 3.8) is 0 Å². The fourth-order valence-corrected chi connectivity index (χ4v) is 2.81. The lowest BCUT2D eigenvalue weighted by Crippen LogP contribution is -2.30. The molecule has 0 aliphatic heterocycles. The molecule has 5 nitrogen and oxygen atoms in total. The van der Waals surface area contributed by atoms with Gasteiger partial charge in [-0.1, -0.05) is 44.2 Å². The quantitative estimate of drug-likeness (QED) is 0.485. The van der Waals surface area contributed by atoms with E-state index in [1.165, 1.54) is 12.1 Å². The molecule has 0 bridgehead atoms. The smallest absolute Gasteiger partial charge is 0.394 e. The Balaban J connectivity index is 1.93. The van der Waals surface area contributed by atoms with Gasteiger partial charge in [0.05, 0.1) is 23.9 Å². The van der Waals surface area contributed by atoms with E-state index in [1.807, 2.05) is 44.2 Å². The summed E-state index contributed by atoms with van der Waals surface area (Å²) < 4.78 is 38.4. The van der Waals surface area contributed by atoms with E-state index in [4.69, 9.17) is 0 Å². The summed E-state index contributed by atoms with van der Waals surface area (Å²) in [5, 5.41) is 15.8. The minimum atomic E-state index is -4.39. The molecule has 0 unspecified atom stereocenters. The Morgan fingerprint density at radius 1 is 0.967 bits per heavy atom. The number of anilines is 3. The minimum Gasteiger partial charge on any atom is -0.394 e. The third-order valence-corrected chi connectivity index (χ3v) is 4.60. The van der Waals surface area contributed by atoms with Gasteiger partial charge in [0.15, 0.2) is 0 Å². The van der Waals surface area contributed by atoms with Gasteiger partial charge in [0.25, 0.3) is 0 Å². The van der Waals surface area contributed by atoms with Crippen molar-refractivity contribution in [1.82, 2.24) is 9.97 Å². The molecule has 3 N–H and O–H groups in total. The van der Waals surface area contributed by atoms with E-state index < -0.39 is 11.7 Å². The van der Waals surface area contributed by atoms with Crippen molar-refractivity contribution in [3.05, 3.63) is 66.2 Å². The summed E-state index contributed by atoms with van der Waals surface area (Å²) in [4.78, 5) is 8.97. The van der Waals surface area contributed by atoms with Gasteiger partial charge in [-0.2, -0.15) is 18.2 Å². The molecule has 0 saturated carbocycles. The molecule has 2 aromatic carbocycles. The number of hydrogen-bond donors (Lipinski definition) is 3. The average Bonchev–Trinajstić information content (AvgIpc) is 2.72. The normalized spacial score (nSPS) is 12.6. The molecule has 1 heterocycles. The summed E-state index contributed by atoms with van der Waals surface area (Å²) in [6.45, 7) is 3.85.